The van der Waals surface area contributed by atoms with Gasteiger partial charge in [-0.2, -0.15) is 0 Å². The van der Waals surface area contributed by atoms with Crippen molar-refractivity contribution in [1.29, 1.82) is 5.41 Å². The Kier molecular flexibility index (Phi) is 4.34. The van der Waals surface area contributed by atoms with Crippen LogP contribution in [0.25, 0.3) is 0 Å². The van der Waals surface area contributed by atoms with Crippen LogP contribution in [0.15, 0.2) is 18.2 Å². The summed E-state index contributed by atoms with van der Waals surface area (Å²) in [4.78, 5) is 10.5. The van der Waals surface area contributed by atoms with Crippen LogP contribution in [-0.2, 0) is 4.74 Å². The van der Waals surface area contributed by atoms with Gasteiger partial charge in [0.05, 0.1) is 11.1 Å². The fourth-order valence-electron chi connectivity index (χ4n) is 1.15. The van der Waals surface area contributed by atoms with Crippen LogP contribution in [-0.4, -0.2) is 18.1 Å². The minimum atomic E-state index is -1.03. The Hall–Kier alpha value is -1.75. The molecule has 0 aliphatic rings. The van der Waals surface area contributed by atoms with Crippen LogP contribution in [0.2, 0.25) is 5.02 Å². The first kappa shape index (κ1) is 13.3. The van der Waals surface area contributed by atoms with Crippen molar-refractivity contribution >= 4 is 23.6 Å². The Labute approximate surface area is 104 Å². The molecule has 1 aromatic carbocycles. The van der Waals surface area contributed by atoms with E-state index in [4.69, 9.17) is 27.5 Å². The highest BCUT2D eigenvalue weighted by atomic mass is 35.5. The molecule has 17 heavy (non-hydrogen) atoms. The number of hydrogen-bond acceptors (Lipinski definition) is 4. The van der Waals surface area contributed by atoms with Crippen molar-refractivity contribution in [2.75, 3.05) is 0 Å². The molecule has 0 unspecified atom stereocenters. The van der Waals surface area contributed by atoms with Crippen LogP contribution in [0, 0.1) is 5.41 Å². The minimum Gasteiger partial charge on any atom is -0.489 e. The molecule has 6 heteroatoms. The third kappa shape index (κ3) is 3.96. The smallest absolute Gasteiger partial charge is 0.411 e. The van der Waals surface area contributed by atoms with Crippen LogP contribution >= 0.6 is 11.6 Å². The highest BCUT2D eigenvalue weighted by Gasteiger charge is 2.10. The Bertz CT molecular complexity index is 446. The average Bonchev–Trinajstić information content (AvgIpc) is 2.19. The maximum Gasteiger partial charge on any atom is 0.411 e. The van der Waals surface area contributed by atoms with Gasteiger partial charge in [-0.3, -0.25) is 5.41 Å². The predicted molar refractivity (Wildman–Crippen MR) is 64.7 cm³/mol. The first-order valence-corrected chi connectivity index (χ1v) is 5.30. The van der Waals surface area contributed by atoms with Crippen molar-refractivity contribution in [3.63, 3.8) is 0 Å². The van der Waals surface area contributed by atoms with Gasteiger partial charge in [0.25, 0.3) is 0 Å². The summed E-state index contributed by atoms with van der Waals surface area (Å²) in [5.41, 5.74) is 5.16. The monoisotopic (exact) mass is 256 g/mol. The van der Waals surface area contributed by atoms with E-state index >= 15 is 0 Å². The molecule has 3 N–H and O–H groups in total. The Morgan fingerprint density at radius 3 is 2.59 bits per heavy atom. The number of carbonyl (C=O) groups is 1. The van der Waals surface area contributed by atoms with E-state index in [9.17, 15) is 4.79 Å². The molecule has 0 radical (unpaired) electrons. The molecule has 0 aromatic heterocycles. The number of hydrogen-bond donors (Lipinski definition) is 2. The average molecular weight is 257 g/mol. The van der Waals surface area contributed by atoms with E-state index in [1.807, 2.05) is 13.8 Å². The van der Waals surface area contributed by atoms with E-state index in [1.165, 1.54) is 6.07 Å². The van der Waals surface area contributed by atoms with Crippen molar-refractivity contribution < 1.29 is 14.3 Å². The summed E-state index contributed by atoms with van der Waals surface area (Å²) in [5, 5.41) is 7.79. The van der Waals surface area contributed by atoms with E-state index < -0.39 is 6.09 Å². The fraction of sp³-hybridized carbons (Fsp3) is 0.273. The van der Waals surface area contributed by atoms with Gasteiger partial charge in [0.15, 0.2) is 0 Å². The maximum absolute atomic E-state index is 10.5. The number of halogens is 1. The summed E-state index contributed by atoms with van der Waals surface area (Å²) in [6.07, 6.45) is -1.03. The van der Waals surface area contributed by atoms with Gasteiger partial charge < -0.3 is 15.2 Å². The molecule has 0 spiro atoms. The second kappa shape index (κ2) is 5.54. The summed E-state index contributed by atoms with van der Waals surface area (Å²) in [5.74, 6) is 0.160. The zero-order valence-electron chi connectivity index (χ0n) is 9.49. The molecule has 1 amide bonds. The molecular weight excluding hydrogens is 244 g/mol. The summed E-state index contributed by atoms with van der Waals surface area (Å²) in [6.45, 7) is 3.75. The number of nitrogens with two attached hydrogens (primary N) is 1. The molecule has 1 rings (SSSR count). The quantitative estimate of drug-likeness (QED) is 0.644. The van der Waals surface area contributed by atoms with Crippen molar-refractivity contribution in [2.24, 2.45) is 5.73 Å². The van der Waals surface area contributed by atoms with Crippen molar-refractivity contribution in [1.82, 2.24) is 0 Å². The third-order valence-electron chi connectivity index (χ3n) is 1.76. The van der Waals surface area contributed by atoms with Crippen LogP contribution in [0.5, 0.6) is 5.75 Å². The first-order valence-electron chi connectivity index (χ1n) is 4.92. The van der Waals surface area contributed by atoms with Gasteiger partial charge in [-0.1, -0.05) is 11.6 Å². The lowest BCUT2D eigenvalue weighted by atomic mass is 10.2. The Morgan fingerprint density at radius 2 is 2.12 bits per heavy atom. The normalized spacial score (nSPS) is 10.1. The number of nitrogens with one attached hydrogen (secondary N) is 1. The molecule has 92 valence electrons. The lowest BCUT2D eigenvalue weighted by molar-refractivity contribution is 0.208. The molecule has 0 bridgehead atoms. The number of benzene rings is 1. The van der Waals surface area contributed by atoms with Gasteiger partial charge in [0, 0.05) is 5.56 Å². The molecule has 0 atom stereocenters. The van der Waals surface area contributed by atoms with Gasteiger partial charge in [0.2, 0.25) is 5.90 Å². The largest absolute Gasteiger partial charge is 0.489 e. The van der Waals surface area contributed by atoms with E-state index in [0.717, 1.165) is 0 Å². The molecule has 0 aliphatic heterocycles. The van der Waals surface area contributed by atoms with Crippen LogP contribution < -0.4 is 10.5 Å². The lowest BCUT2D eigenvalue weighted by Gasteiger charge is -2.12. The summed E-state index contributed by atoms with van der Waals surface area (Å²) in [6, 6.07) is 4.65. The van der Waals surface area contributed by atoms with E-state index in [2.05, 4.69) is 4.74 Å². The second-order valence-electron chi connectivity index (χ2n) is 3.56. The predicted octanol–water partition coefficient (Wildman–Crippen LogP) is 2.55. The third-order valence-corrected chi connectivity index (χ3v) is 2.05. The minimum absolute atomic E-state index is 0.000305. The number of amides is 1. The number of primary amides is 1. The van der Waals surface area contributed by atoms with Crippen molar-refractivity contribution in [3.8, 4) is 5.75 Å². The molecule has 5 nitrogen and oxygen atoms in total. The molecule has 0 heterocycles. The maximum atomic E-state index is 10.5. The van der Waals surface area contributed by atoms with E-state index in [-0.39, 0.29) is 12.0 Å². The van der Waals surface area contributed by atoms with Gasteiger partial charge in [0.1, 0.15) is 5.75 Å². The standard InChI is InChI=1S/C11H13ClN2O3/c1-6(2)16-9-4-3-7(5-8(9)12)10(13)17-11(14)15/h3-6,13H,1-2H3,(H2,14,15). The Balaban J connectivity index is 2.88. The van der Waals surface area contributed by atoms with Gasteiger partial charge in [-0.25, -0.2) is 4.79 Å². The number of carbonyl (C=O) groups excluding carboxylic acids is 1. The molecule has 0 saturated heterocycles. The summed E-state index contributed by atoms with van der Waals surface area (Å²) in [7, 11) is 0. The lowest BCUT2D eigenvalue weighted by Crippen LogP contribution is -2.18. The SMILES string of the molecule is CC(C)Oc1ccc(C(=N)OC(N)=O)cc1Cl. The van der Waals surface area contributed by atoms with Gasteiger partial charge in [-0.05, 0) is 32.0 Å². The summed E-state index contributed by atoms with van der Waals surface area (Å²) >= 11 is 5.96. The molecule has 0 saturated carbocycles. The number of rotatable bonds is 3. The topological polar surface area (TPSA) is 85.4 Å². The molecular formula is C11H13ClN2O3. The van der Waals surface area contributed by atoms with Crippen molar-refractivity contribution in [2.45, 2.75) is 20.0 Å². The van der Waals surface area contributed by atoms with Crippen LogP contribution in [0.1, 0.15) is 19.4 Å². The molecule has 0 aliphatic carbocycles. The van der Waals surface area contributed by atoms with Gasteiger partial charge in [-0.15, -0.1) is 0 Å². The highest BCUT2D eigenvalue weighted by molar-refractivity contribution is 6.32. The zero-order valence-corrected chi connectivity index (χ0v) is 10.2. The van der Waals surface area contributed by atoms with Crippen LogP contribution in [0.3, 0.4) is 0 Å². The first-order chi connectivity index (χ1) is 7.90. The van der Waals surface area contributed by atoms with E-state index in [0.29, 0.717) is 16.3 Å². The van der Waals surface area contributed by atoms with E-state index in [1.54, 1.807) is 12.1 Å². The van der Waals surface area contributed by atoms with Crippen LogP contribution in [0.4, 0.5) is 4.79 Å². The fourth-order valence-corrected chi connectivity index (χ4v) is 1.38. The van der Waals surface area contributed by atoms with Gasteiger partial charge >= 0.3 is 6.09 Å². The number of ether oxygens (including phenoxy) is 2. The summed E-state index contributed by atoms with van der Waals surface area (Å²) < 4.78 is 9.86. The van der Waals surface area contributed by atoms with Crippen molar-refractivity contribution in [3.05, 3.63) is 28.8 Å². The molecule has 1 aromatic rings. The zero-order chi connectivity index (χ0) is 13.0. The Morgan fingerprint density at radius 1 is 1.47 bits per heavy atom. The highest BCUT2D eigenvalue weighted by Crippen LogP contribution is 2.26. The molecule has 0 fully saturated rings. The second-order valence-corrected chi connectivity index (χ2v) is 3.97.